The van der Waals surface area contributed by atoms with Crippen molar-refractivity contribution in [3.63, 3.8) is 0 Å². The van der Waals surface area contributed by atoms with Crippen LogP contribution in [-0.4, -0.2) is 56.8 Å². The molecule has 1 saturated heterocycles. The van der Waals surface area contributed by atoms with Crippen molar-refractivity contribution >= 4 is 17.5 Å². The number of nitrogens with zero attached hydrogens (tertiary/aromatic N) is 1. The molecular weight excluding hydrogens is 304 g/mol. The number of rotatable bonds is 7. The number of benzene rings is 1. The van der Waals surface area contributed by atoms with Crippen LogP contribution in [0.3, 0.4) is 0 Å². The molecule has 22 heavy (non-hydrogen) atoms. The van der Waals surface area contributed by atoms with Gasteiger partial charge in [-0.3, -0.25) is 9.69 Å². The average Bonchev–Trinajstić information content (AvgIpc) is 2.93. The van der Waals surface area contributed by atoms with E-state index >= 15 is 0 Å². The zero-order valence-electron chi connectivity index (χ0n) is 13.1. The van der Waals surface area contributed by atoms with E-state index in [1.165, 1.54) is 0 Å². The molecule has 1 atom stereocenters. The van der Waals surface area contributed by atoms with Crippen molar-refractivity contribution in [3.05, 3.63) is 29.3 Å². The number of halogens is 1. The van der Waals surface area contributed by atoms with Crippen LogP contribution in [0, 0.1) is 0 Å². The number of likely N-dealkylation sites (N-methyl/N-ethyl adjacent to an activating group) is 1. The summed E-state index contributed by atoms with van der Waals surface area (Å²) in [6.07, 6.45) is 1.77. The van der Waals surface area contributed by atoms with Crippen LogP contribution in [-0.2, 0) is 9.53 Å². The highest BCUT2D eigenvalue weighted by molar-refractivity contribution is 6.32. The zero-order chi connectivity index (χ0) is 16.0. The number of carbonyl (C=O) groups is 1. The molecule has 1 heterocycles. The van der Waals surface area contributed by atoms with E-state index in [9.17, 15) is 4.79 Å². The summed E-state index contributed by atoms with van der Waals surface area (Å²) < 4.78 is 11.0. The Kier molecular flexibility index (Phi) is 6.06. The van der Waals surface area contributed by atoms with E-state index in [0.29, 0.717) is 30.5 Å². The molecule has 0 radical (unpaired) electrons. The predicted octanol–water partition coefficient (Wildman–Crippen LogP) is 1.95. The number of nitrogens with one attached hydrogen (secondary N) is 1. The lowest BCUT2D eigenvalue weighted by molar-refractivity contribution is -0.135. The van der Waals surface area contributed by atoms with Crippen LogP contribution in [0.5, 0.6) is 5.75 Å². The molecule has 122 valence electrons. The Morgan fingerprint density at radius 2 is 2.23 bits per heavy atom. The number of hydrogen-bond donors (Lipinski definition) is 1. The molecule has 0 bridgehead atoms. The molecule has 1 aliphatic heterocycles. The third-order valence-electron chi connectivity index (χ3n) is 4.11. The van der Waals surface area contributed by atoms with Gasteiger partial charge in [-0.15, -0.1) is 0 Å². The van der Waals surface area contributed by atoms with E-state index in [1.54, 1.807) is 20.2 Å². The van der Waals surface area contributed by atoms with Crippen molar-refractivity contribution in [2.24, 2.45) is 0 Å². The van der Waals surface area contributed by atoms with E-state index < -0.39 is 5.54 Å². The molecule has 1 amide bonds. The SMILES string of the molecule is CNC(=O)C1(COC)CCCN1CCOc1ccccc1Cl. The van der Waals surface area contributed by atoms with Crippen LogP contribution in [0.1, 0.15) is 12.8 Å². The Labute approximate surface area is 136 Å². The second-order valence-corrected chi connectivity index (χ2v) is 5.82. The average molecular weight is 327 g/mol. The Morgan fingerprint density at radius 3 is 2.91 bits per heavy atom. The van der Waals surface area contributed by atoms with Gasteiger partial charge in [-0.05, 0) is 31.5 Å². The maximum absolute atomic E-state index is 12.3. The molecule has 1 aromatic rings. The summed E-state index contributed by atoms with van der Waals surface area (Å²) in [5.41, 5.74) is -0.590. The number of hydrogen-bond acceptors (Lipinski definition) is 4. The molecule has 1 N–H and O–H groups in total. The second-order valence-electron chi connectivity index (χ2n) is 5.41. The van der Waals surface area contributed by atoms with E-state index in [0.717, 1.165) is 19.4 Å². The van der Waals surface area contributed by atoms with Gasteiger partial charge in [0.25, 0.3) is 0 Å². The molecule has 1 unspecified atom stereocenters. The van der Waals surface area contributed by atoms with Gasteiger partial charge in [0.2, 0.25) is 5.91 Å². The summed E-state index contributed by atoms with van der Waals surface area (Å²) in [4.78, 5) is 14.5. The van der Waals surface area contributed by atoms with Gasteiger partial charge in [-0.25, -0.2) is 0 Å². The fourth-order valence-corrected chi connectivity index (χ4v) is 3.24. The summed E-state index contributed by atoms with van der Waals surface area (Å²) in [5, 5.41) is 3.35. The third kappa shape index (κ3) is 3.54. The van der Waals surface area contributed by atoms with Crippen LogP contribution in [0.25, 0.3) is 0 Å². The Bertz CT molecular complexity index is 512. The summed E-state index contributed by atoms with van der Waals surface area (Å²) in [6.45, 7) is 2.38. The fraction of sp³-hybridized carbons (Fsp3) is 0.562. The first-order valence-corrected chi connectivity index (χ1v) is 7.85. The van der Waals surface area contributed by atoms with Gasteiger partial charge in [0, 0.05) is 20.7 Å². The quantitative estimate of drug-likeness (QED) is 0.832. The van der Waals surface area contributed by atoms with Crippen molar-refractivity contribution in [2.75, 3.05) is 40.5 Å². The lowest BCUT2D eigenvalue weighted by atomic mass is 9.96. The first-order chi connectivity index (χ1) is 10.6. The molecule has 2 rings (SSSR count). The number of likely N-dealkylation sites (tertiary alicyclic amines) is 1. The monoisotopic (exact) mass is 326 g/mol. The number of ether oxygens (including phenoxy) is 2. The first kappa shape index (κ1) is 17.1. The summed E-state index contributed by atoms with van der Waals surface area (Å²) >= 11 is 6.08. The molecule has 1 aromatic carbocycles. The van der Waals surface area contributed by atoms with Gasteiger partial charge in [-0.1, -0.05) is 23.7 Å². The summed E-state index contributed by atoms with van der Waals surface area (Å²) in [6, 6.07) is 7.39. The molecule has 0 aromatic heterocycles. The Hall–Kier alpha value is -1.30. The van der Waals surface area contributed by atoms with Crippen LogP contribution in [0.2, 0.25) is 5.02 Å². The van der Waals surface area contributed by atoms with Gasteiger partial charge in [0.15, 0.2) is 0 Å². The van der Waals surface area contributed by atoms with Crippen LogP contribution in [0.15, 0.2) is 24.3 Å². The number of carbonyl (C=O) groups excluding carboxylic acids is 1. The summed E-state index contributed by atoms with van der Waals surface area (Å²) in [5.74, 6) is 0.672. The second kappa shape index (κ2) is 7.81. The van der Waals surface area contributed by atoms with E-state index in [2.05, 4.69) is 10.2 Å². The molecule has 0 aliphatic carbocycles. The number of amides is 1. The van der Waals surface area contributed by atoms with Gasteiger partial charge in [-0.2, -0.15) is 0 Å². The maximum atomic E-state index is 12.3. The lowest BCUT2D eigenvalue weighted by Crippen LogP contribution is -2.58. The van der Waals surface area contributed by atoms with Gasteiger partial charge < -0.3 is 14.8 Å². The van der Waals surface area contributed by atoms with Crippen molar-refractivity contribution in [3.8, 4) is 5.75 Å². The fourth-order valence-electron chi connectivity index (χ4n) is 3.05. The largest absolute Gasteiger partial charge is 0.491 e. The number of methoxy groups -OCH3 is 1. The predicted molar refractivity (Wildman–Crippen MR) is 86.4 cm³/mol. The van der Waals surface area contributed by atoms with Crippen LogP contribution in [0.4, 0.5) is 0 Å². The highest BCUT2D eigenvalue weighted by atomic mass is 35.5. The van der Waals surface area contributed by atoms with Crippen molar-refractivity contribution in [2.45, 2.75) is 18.4 Å². The minimum atomic E-state index is -0.590. The molecular formula is C16H23ClN2O3. The van der Waals surface area contributed by atoms with Gasteiger partial charge in [0.1, 0.15) is 17.9 Å². The van der Waals surface area contributed by atoms with E-state index in [1.807, 2.05) is 18.2 Å². The van der Waals surface area contributed by atoms with E-state index in [4.69, 9.17) is 21.1 Å². The van der Waals surface area contributed by atoms with Crippen molar-refractivity contribution in [1.82, 2.24) is 10.2 Å². The van der Waals surface area contributed by atoms with Gasteiger partial charge >= 0.3 is 0 Å². The highest BCUT2D eigenvalue weighted by Crippen LogP contribution is 2.30. The summed E-state index contributed by atoms with van der Waals surface area (Å²) in [7, 11) is 3.29. The molecule has 1 fully saturated rings. The third-order valence-corrected chi connectivity index (χ3v) is 4.42. The van der Waals surface area contributed by atoms with Crippen LogP contribution >= 0.6 is 11.6 Å². The minimum absolute atomic E-state index is 0.00425. The molecule has 5 nitrogen and oxygen atoms in total. The normalized spacial score (nSPS) is 21.8. The zero-order valence-corrected chi connectivity index (χ0v) is 13.9. The number of para-hydroxylation sites is 1. The van der Waals surface area contributed by atoms with Crippen molar-refractivity contribution in [1.29, 1.82) is 0 Å². The molecule has 6 heteroatoms. The minimum Gasteiger partial charge on any atom is -0.491 e. The smallest absolute Gasteiger partial charge is 0.242 e. The Morgan fingerprint density at radius 1 is 1.45 bits per heavy atom. The topological polar surface area (TPSA) is 50.8 Å². The van der Waals surface area contributed by atoms with E-state index in [-0.39, 0.29) is 5.91 Å². The van der Waals surface area contributed by atoms with Crippen molar-refractivity contribution < 1.29 is 14.3 Å². The molecule has 0 saturated carbocycles. The first-order valence-electron chi connectivity index (χ1n) is 7.47. The lowest BCUT2D eigenvalue weighted by Gasteiger charge is -2.36. The van der Waals surface area contributed by atoms with Gasteiger partial charge in [0.05, 0.1) is 11.6 Å². The maximum Gasteiger partial charge on any atom is 0.242 e. The molecule has 0 spiro atoms. The highest BCUT2D eigenvalue weighted by Gasteiger charge is 2.46. The molecule has 1 aliphatic rings. The Balaban J connectivity index is 1.98. The van der Waals surface area contributed by atoms with Crippen LogP contribution < -0.4 is 10.1 Å². The standard InChI is InChI=1S/C16H23ClN2O3/c1-18-15(20)16(12-21-2)8-5-9-19(16)10-11-22-14-7-4-3-6-13(14)17/h3-4,6-7H,5,8-12H2,1-2H3,(H,18,20).